The molecule has 0 spiro atoms. The molecule has 0 radical (unpaired) electrons. The minimum Gasteiger partial charge on any atom is -0.276 e. The fraction of sp³-hybridized carbons (Fsp3) is 0.700. The third kappa shape index (κ3) is 1.47. The van der Waals surface area contributed by atoms with Crippen LogP contribution in [0.1, 0.15) is 13.8 Å². The molecular formula is C10H16N4O. The number of amides is 1. The first-order valence-electron chi connectivity index (χ1n) is 5.14. The van der Waals surface area contributed by atoms with E-state index in [4.69, 9.17) is 0 Å². The van der Waals surface area contributed by atoms with Crippen LogP contribution in [0.25, 0.3) is 0 Å². The van der Waals surface area contributed by atoms with E-state index in [2.05, 4.69) is 23.8 Å². The zero-order chi connectivity index (χ0) is 11.2. The maximum absolute atomic E-state index is 11.8. The molecule has 1 amide bonds. The van der Waals surface area contributed by atoms with Crippen LogP contribution in [0.2, 0.25) is 0 Å². The standard InChI is InChI=1S/C10H16N4O/c1-6(2)8-11-5-7-9(12-8)13(3)14(4)10(7)15/h5-7,9H,1-4H3. The Balaban J connectivity index is 2.30. The molecular weight excluding hydrogens is 192 g/mol. The van der Waals surface area contributed by atoms with Gasteiger partial charge in [-0.05, 0) is 0 Å². The van der Waals surface area contributed by atoms with Gasteiger partial charge in [0, 0.05) is 26.2 Å². The van der Waals surface area contributed by atoms with Crippen LogP contribution >= 0.6 is 0 Å². The summed E-state index contributed by atoms with van der Waals surface area (Å²) in [5.41, 5.74) is 0. The molecule has 0 aromatic rings. The van der Waals surface area contributed by atoms with Crippen LogP contribution in [-0.2, 0) is 4.79 Å². The summed E-state index contributed by atoms with van der Waals surface area (Å²) < 4.78 is 0. The topological polar surface area (TPSA) is 48.3 Å². The molecule has 2 aliphatic heterocycles. The number of nitrogens with zero attached hydrogens (tertiary/aromatic N) is 4. The van der Waals surface area contributed by atoms with Crippen LogP contribution in [0.4, 0.5) is 0 Å². The smallest absolute Gasteiger partial charge is 0.248 e. The molecule has 0 bridgehead atoms. The van der Waals surface area contributed by atoms with Crippen LogP contribution in [0.5, 0.6) is 0 Å². The summed E-state index contributed by atoms with van der Waals surface area (Å²) in [4.78, 5) is 20.5. The van der Waals surface area contributed by atoms with Crippen molar-refractivity contribution in [1.29, 1.82) is 0 Å². The van der Waals surface area contributed by atoms with Crippen molar-refractivity contribution in [3.8, 4) is 0 Å². The first-order chi connectivity index (χ1) is 7.02. The second-order valence-electron chi connectivity index (χ2n) is 4.30. The molecule has 15 heavy (non-hydrogen) atoms. The molecule has 5 heteroatoms. The summed E-state index contributed by atoms with van der Waals surface area (Å²) >= 11 is 0. The van der Waals surface area contributed by atoms with Crippen molar-refractivity contribution in [3.63, 3.8) is 0 Å². The van der Waals surface area contributed by atoms with Gasteiger partial charge in [-0.15, -0.1) is 0 Å². The molecule has 82 valence electrons. The van der Waals surface area contributed by atoms with Gasteiger partial charge in [-0.1, -0.05) is 13.8 Å². The highest BCUT2D eigenvalue weighted by Gasteiger charge is 2.43. The lowest BCUT2D eigenvalue weighted by atomic mass is 10.1. The van der Waals surface area contributed by atoms with Crippen molar-refractivity contribution in [2.24, 2.45) is 21.8 Å². The average molecular weight is 208 g/mol. The fourth-order valence-electron chi connectivity index (χ4n) is 1.84. The SMILES string of the molecule is CC(C)C1=NC2C(C=N1)C(=O)N(C)N2C. The van der Waals surface area contributed by atoms with E-state index in [0.717, 1.165) is 5.84 Å². The Morgan fingerprint density at radius 2 is 2.07 bits per heavy atom. The number of carbonyl (C=O) groups is 1. The number of hydrogen-bond donors (Lipinski definition) is 0. The van der Waals surface area contributed by atoms with E-state index >= 15 is 0 Å². The number of amidine groups is 1. The van der Waals surface area contributed by atoms with E-state index in [1.54, 1.807) is 18.3 Å². The lowest BCUT2D eigenvalue weighted by molar-refractivity contribution is -0.135. The quantitative estimate of drug-likeness (QED) is 0.625. The number of aliphatic imine (C=N–C) groups is 2. The maximum atomic E-state index is 11.8. The number of hydrogen-bond acceptors (Lipinski definition) is 4. The molecule has 0 N–H and O–H groups in total. The van der Waals surface area contributed by atoms with Gasteiger partial charge in [0.2, 0.25) is 5.91 Å². The van der Waals surface area contributed by atoms with E-state index in [1.165, 1.54) is 0 Å². The Hall–Kier alpha value is -1.23. The van der Waals surface area contributed by atoms with Crippen molar-refractivity contribution in [1.82, 2.24) is 10.0 Å². The third-order valence-corrected chi connectivity index (χ3v) is 2.93. The molecule has 0 saturated carbocycles. The Labute approximate surface area is 89.5 Å². The second kappa shape index (κ2) is 3.41. The van der Waals surface area contributed by atoms with Crippen molar-refractivity contribution in [2.75, 3.05) is 14.1 Å². The Bertz CT molecular complexity index is 347. The molecule has 2 atom stereocenters. The third-order valence-electron chi connectivity index (χ3n) is 2.93. The number of rotatable bonds is 1. The van der Waals surface area contributed by atoms with Gasteiger partial charge in [0.15, 0.2) is 0 Å². The summed E-state index contributed by atoms with van der Waals surface area (Å²) in [6.07, 6.45) is 1.63. The molecule has 2 heterocycles. The second-order valence-corrected chi connectivity index (χ2v) is 4.30. The minimum absolute atomic E-state index is 0.0674. The van der Waals surface area contributed by atoms with Crippen molar-refractivity contribution < 1.29 is 4.79 Å². The summed E-state index contributed by atoms with van der Waals surface area (Å²) in [5, 5.41) is 3.47. The van der Waals surface area contributed by atoms with Gasteiger partial charge in [-0.3, -0.25) is 9.80 Å². The van der Waals surface area contributed by atoms with Gasteiger partial charge in [0.25, 0.3) is 0 Å². The molecule has 1 saturated heterocycles. The summed E-state index contributed by atoms with van der Waals surface area (Å²) in [6, 6.07) is 0. The van der Waals surface area contributed by atoms with Crippen LogP contribution in [0.15, 0.2) is 9.98 Å². The van der Waals surface area contributed by atoms with Crippen LogP contribution in [-0.4, -0.2) is 48.2 Å². The van der Waals surface area contributed by atoms with Crippen LogP contribution in [0.3, 0.4) is 0 Å². The molecule has 2 unspecified atom stereocenters. The zero-order valence-corrected chi connectivity index (χ0v) is 9.51. The zero-order valence-electron chi connectivity index (χ0n) is 9.51. The summed E-state index contributed by atoms with van der Waals surface area (Å²) in [7, 11) is 3.64. The highest BCUT2D eigenvalue weighted by Crippen LogP contribution is 2.26. The summed E-state index contributed by atoms with van der Waals surface area (Å²) in [5.74, 6) is 0.989. The molecule has 0 aliphatic carbocycles. The first-order valence-corrected chi connectivity index (χ1v) is 5.14. The molecule has 0 aromatic carbocycles. The molecule has 1 fully saturated rings. The predicted octanol–water partition coefficient (Wildman–Crippen LogP) is 0.386. The number of hydrazine groups is 1. The maximum Gasteiger partial charge on any atom is 0.248 e. The Morgan fingerprint density at radius 3 is 2.67 bits per heavy atom. The van der Waals surface area contributed by atoms with E-state index in [1.807, 2.05) is 12.1 Å². The Kier molecular flexibility index (Phi) is 2.34. The number of fused-ring (bicyclic) bond motifs is 1. The van der Waals surface area contributed by atoms with Crippen molar-refractivity contribution >= 4 is 18.0 Å². The first kappa shape index (κ1) is 10.3. The predicted molar refractivity (Wildman–Crippen MR) is 58.6 cm³/mol. The fourth-order valence-corrected chi connectivity index (χ4v) is 1.84. The Morgan fingerprint density at radius 1 is 1.40 bits per heavy atom. The van der Waals surface area contributed by atoms with E-state index in [0.29, 0.717) is 5.92 Å². The normalized spacial score (nSPS) is 31.1. The van der Waals surface area contributed by atoms with E-state index in [9.17, 15) is 4.79 Å². The summed E-state index contributed by atoms with van der Waals surface area (Å²) in [6.45, 7) is 4.11. The molecule has 5 nitrogen and oxygen atoms in total. The van der Waals surface area contributed by atoms with Crippen LogP contribution < -0.4 is 0 Å². The molecule has 0 aromatic heterocycles. The van der Waals surface area contributed by atoms with Gasteiger partial charge in [-0.25, -0.2) is 9.98 Å². The number of carbonyl (C=O) groups excluding carboxylic acids is 1. The minimum atomic E-state index is -0.206. The highest BCUT2D eigenvalue weighted by atomic mass is 16.2. The van der Waals surface area contributed by atoms with Gasteiger partial charge < -0.3 is 0 Å². The monoisotopic (exact) mass is 208 g/mol. The van der Waals surface area contributed by atoms with Gasteiger partial charge in [0.1, 0.15) is 17.9 Å². The van der Waals surface area contributed by atoms with Crippen molar-refractivity contribution in [3.05, 3.63) is 0 Å². The van der Waals surface area contributed by atoms with Crippen molar-refractivity contribution in [2.45, 2.75) is 20.0 Å². The van der Waals surface area contributed by atoms with Gasteiger partial charge in [-0.2, -0.15) is 5.01 Å². The van der Waals surface area contributed by atoms with E-state index < -0.39 is 0 Å². The lowest BCUT2D eigenvalue weighted by Crippen LogP contribution is -2.37. The lowest BCUT2D eigenvalue weighted by Gasteiger charge is -2.24. The average Bonchev–Trinajstić information content (AvgIpc) is 2.44. The van der Waals surface area contributed by atoms with Crippen LogP contribution in [0, 0.1) is 11.8 Å². The van der Waals surface area contributed by atoms with Gasteiger partial charge >= 0.3 is 0 Å². The largest absolute Gasteiger partial charge is 0.276 e. The molecule has 2 aliphatic rings. The molecule has 2 rings (SSSR count). The highest BCUT2D eigenvalue weighted by molar-refractivity contribution is 6.03. The van der Waals surface area contributed by atoms with E-state index in [-0.39, 0.29) is 18.0 Å². The van der Waals surface area contributed by atoms with Gasteiger partial charge in [0.05, 0.1) is 0 Å².